The van der Waals surface area contributed by atoms with E-state index in [0.29, 0.717) is 25.3 Å². The Morgan fingerprint density at radius 1 is 1.08 bits per heavy atom. The molecule has 7 nitrogen and oxygen atoms in total. The topological polar surface area (TPSA) is 90.9 Å². The van der Waals surface area contributed by atoms with Crippen molar-refractivity contribution in [3.8, 4) is 0 Å². The number of hydrogen-bond donors (Lipinski definition) is 2. The van der Waals surface area contributed by atoms with Crippen LogP contribution in [0.3, 0.4) is 0 Å². The number of benzene rings is 1. The molecule has 1 saturated heterocycles. The third-order valence-corrected chi connectivity index (χ3v) is 3.93. The van der Waals surface area contributed by atoms with Gasteiger partial charge in [0.1, 0.15) is 0 Å². The molecule has 0 saturated carbocycles. The molecule has 7 heteroatoms. The van der Waals surface area contributed by atoms with Gasteiger partial charge in [0.25, 0.3) is 0 Å². The van der Waals surface area contributed by atoms with E-state index in [1.807, 2.05) is 30.3 Å². The van der Waals surface area contributed by atoms with Gasteiger partial charge in [0.2, 0.25) is 5.91 Å². The highest BCUT2D eigenvalue weighted by atomic mass is 16.2. The number of carbonyl (C=O) groups is 3. The maximum absolute atomic E-state index is 12.0. The van der Waals surface area contributed by atoms with Gasteiger partial charge in [0.05, 0.1) is 6.42 Å². The minimum Gasteiger partial charge on any atom is -0.352 e. The van der Waals surface area contributed by atoms with Gasteiger partial charge in [0, 0.05) is 25.3 Å². The first kappa shape index (κ1) is 18.6. The fourth-order valence-electron chi connectivity index (χ4n) is 2.57. The molecule has 0 radical (unpaired) electrons. The van der Waals surface area contributed by atoms with Crippen LogP contribution in [0.5, 0.6) is 0 Å². The minimum absolute atomic E-state index is 0.0605. The highest BCUT2D eigenvalue weighted by Gasteiger charge is 2.23. The Bertz CT molecular complexity index is 637. The van der Waals surface area contributed by atoms with E-state index in [-0.39, 0.29) is 12.3 Å². The highest BCUT2D eigenvalue weighted by Crippen LogP contribution is 2.08. The van der Waals surface area contributed by atoms with Gasteiger partial charge in [-0.15, -0.1) is 0 Å². The van der Waals surface area contributed by atoms with Crippen molar-refractivity contribution in [3.63, 3.8) is 0 Å². The fourth-order valence-corrected chi connectivity index (χ4v) is 2.57. The van der Waals surface area contributed by atoms with Crippen LogP contribution in [0.2, 0.25) is 0 Å². The quantitative estimate of drug-likeness (QED) is 0.478. The van der Waals surface area contributed by atoms with E-state index in [4.69, 9.17) is 0 Å². The lowest BCUT2D eigenvalue weighted by atomic mass is 10.1. The van der Waals surface area contributed by atoms with Crippen molar-refractivity contribution in [2.24, 2.45) is 5.10 Å². The van der Waals surface area contributed by atoms with Crippen LogP contribution in [-0.2, 0) is 20.9 Å². The maximum Gasteiger partial charge on any atom is 0.329 e. The molecule has 2 N–H and O–H groups in total. The zero-order valence-corrected chi connectivity index (χ0v) is 14.5. The van der Waals surface area contributed by atoms with Gasteiger partial charge in [0.15, 0.2) is 0 Å². The summed E-state index contributed by atoms with van der Waals surface area (Å²) in [6.07, 6.45) is 2.98. The monoisotopic (exact) mass is 344 g/mol. The number of hydrogen-bond acceptors (Lipinski definition) is 4. The fraction of sp³-hybridized carbons (Fsp3) is 0.444. The first-order chi connectivity index (χ1) is 12.1. The molecule has 25 heavy (non-hydrogen) atoms. The molecule has 1 aliphatic rings. The second-order valence-corrected chi connectivity index (χ2v) is 6.08. The van der Waals surface area contributed by atoms with Crippen molar-refractivity contribution in [3.05, 3.63) is 35.9 Å². The Hall–Kier alpha value is -2.70. The molecule has 1 aromatic rings. The van der Waals surface area contributed by atoms with E-state index in [9.17, 15) is 14.4 Å². The standard InChI is InChI=1S/C18H24N4O3/c1-14(12-16(23)19-13-15-8-4-2-5-9-15)20-21-17(24)18(25)22-10-6-3-7-11-22/h2,4-5,8-9H,3,6-7,10-13H2,1H3,(H,19,23)(H,21,24)/b20-14-. The zero-order chi connectivity index (χ0) is 18.1. The van der Waals surface area contributed by atoms with Crippen LogP contribution < -0.4 is 10.7 Å². The Kier molecular flexibility index (Phi) is 7.13. The smallest absolute Gasteiger partial charge is 0.329 e. The lowest BCUT2D eigenvalue weighted by Crippen LogP contribution is -2.44. The number of hydrazone groups is 1. The molecule has 0 bridgehead atoms. The molecule has 134 valence electrons. The van der Waals surface area contributed by atoms with Gasteiger partial charge in [-0.1, -0.05) is 30.3 Å². The van der Waals surface area contributed by atoms with Gasteiger partial charge in [-0.05, 0) is 31.7 Å². The number of carbonyl (C=O) groups excluding carboxylic acids is 3. The van der Waals surface area contributed by atoms with Crippen LogP contribution in [0.1, 0.15) is 38.2 Å². The molecule has 1 aliphatic heterocycles. The first-order valence-corrected chi connectivity index (χ1v) is 8.49. The largest absolute Gasteiger partial charge is 0.352 e. The van der Waals surface area contributed by atoms with E-state index in [1.54, 1.807) is 6.92 Å². The molecule has 1 heterocycles. The summed E-state index contributed by atoms with van der Waals surface area (Å²) in [7, 11) is 0. The van der Waals surface area contributed by atoms with Crippen LogP contribution in [0.4, 0.5) is 0 Å². The van der Waals surface area contributed by atoms with Gasteiger partial charge in [-0.2, -0.15) is 5.10 Å². The summed E-state index contributed by atoms with van der Waals surface area (Å²) in [5.41, 5.74) is 3.68. The Morgan fingerprint density at radius 2 is 1.76 bits per heavy atom. The number of amides is 3. The van der Waals surface area contributed by atoms with Crippen molar-refractivity contribution < 1.29 is 14.4 Å². The maximum atomic E-state index is 12.0. The molecule has 1 fully saturated rings. The molecule has 0 aromatic heterocycles. The predicted molar refractivity (Wildman–Crippen MR) is 94.6 cm³/mol. The summed E-state index contributed by atoms with van der Waals surface area (Å²) in [6, 6.07) is 9.57. The Balaban J connectivity index is 1.73. The zero-order valence-electron chi connectivity index (χ0n) is 14.5. The first-order valence-electron chi connectivity index (χ1n) is 8.49. The number of nitrogens with zero attached hydrogens (tertiary/aromatic N) is 2. The number of rotatable bonds is 5. The number of likely N-dealkylation sites (tertiary alicyclic amines) is 1. The summed E-state index contributed by atoms with van der Waals surface area (Å²) in [5.74, 6) is -1.52. The van der Waals surface area contributed by atoms with Gasteiger partial charge in [-0.3, -0.25) is 14.4 Å². The van der Waals surface area contributed by atoms with Crippen molar-refractivity contribution in [2.75, 3.05) is 13.1 Å². The van der Waals surface area contributed by atoms with Crippen LogP contribution in [0.25, 0.3) is 0 Å². The highest BCUT2D eigenvalue weighted by molar-refractivity contribution is 6.35. The molecule has 0 unspecified atom stereocenters. The third kappa shape index (κ3) is 6.37. The molecule has 1 aromatic carbocycles. The van der Waals surface area contributed by atoms with Crippen molar-refractivity contribution in [2.45, 2.75) is 39.2 Å². The third-order valence-electron chi connectivity index (χ3n) is 3.93. The van der Waals surface area contributed by atoms with E-state index < -0.39 is 11.8 Å². The van der Waals surface area contributed by atoms with Gasteiger partial charge >= 0.3 is 11.8 Å². The average Bonchev–Trinajstić information content (AvgIpc) is 2.65. The lowest BCUT2D eigenvalue weighted by Gasteiger charge is -2.25. The molecule has 3 amide bonds. The number of nitrogens with one attached hydrogen (secondary N) is 2. The summed E-state index contributed by atoms with van der Waals surface area (Å²) < 4.78 is 0. The van der Waals surface area contributed by atoms with Crippen molar-refractivity contribution in [1.82, 2.24) is 15.6 Å². The molecular formula is C18H24N4O3. The lowest BCUT2D eigenvalue weighted by molar-refractivity contribution is -0.146. The van der Waals surface area contributed by atoms with Crippen LogP contribution >= 0.6 is 0 Å². The van der Waals surface area contributed by atoms with Crippen molar-refractivity contribution >= 4 is 23.4 Å². The summed E-state index contributed by atoms with van der Waals surface area (Å²) in [4.78, 5) is 37.2. The molecule has 0 spiro atoms. The van der Waals surface area contributed by atoms with E-state index >= 15 is 0 Å². The average molecular weight is 344 g/mol. The summed E-state index contributed by atoms with van der Waals surface area (Å²) >= 11 is 0. The summed E-state index contributed by atoms with van der Waals surface area (Å²) in [6.45, 7) is 3.29. The normalized spacial score (nSPS) is 14.8. The predicted octanol–water partition coefficient (Wildman–Crippen LogP) is 1.20. The molecule has 0 atom stereocenters. The van der Waals surface area contributed by atoms with E-state index in [2.05, 4.69) is 15.8 Å². The Labute approximate surface area is 147 Å². The second kappa shape index (κ2) is 9.56. The summed E-state index contributed by atoms with van der Waals surface area (Å²) in [5, 5.41) is 6.63. The van der Waals surface area contributed by atoms with Crippen LogP contribution in [0, 0.1) is 0 Å². The molecule has 0 aliphatic carbocycles. The van der Waals surface area contributed by atoms with Crippen molar-refractivity contribution in [1.29, 1.82) is 0 Å². The minimum atomic E-state index is -0.758. The van der Waals surface area contributed by atoms with Crippen LogP contribution in [-0.4, -0.2) is 41.4 Å². The van der Waals surface area contributed by atoms with Gasteiger partial charge in [-0.25, -0.2) is 5.43 Å². The number of piperidine rings is 1. The Morgan fingerprint density at radius 3 is 2.44 bits per heavy atom. The van der Waals surface area contributed by atoms with Crippen LogP contribution in [0.15, 0.2) is 35.4 Å². The van der Waals surface area contributed by atoms with Gasteiger partial charge < -0.3 is 10.2 Å². The van der Waals surface area contributed by atoms with E-state index in [0.717, 1.165) is 24.8 Å². The SMILES string of the molecule is C/C(CC(=O)NCc1ccccc1)=N/NC(=O)C(=O)N1CCCCC1. The molecule has 2 rings (SSSR count). The van der Waals surface area contributed by atoms with E-state index in [1.165, 1.54) is 4.90 Å². The second-order valence-electron chi connectivity index (χ2n) is 6.08. The molecular weight excluding hydrogens is 320 g/mol.